The Labute approximate surface area is 174 Å². The number of nitrogens with zero attached hydrogens (tertiary/aromatic N) is 1. The van der Waals surface area contributed by atoms with Gasteiger partial charge in [-0.25, -0.2) is 9.59 Å². The summed E-state index contributed by atoms with van der Waals surface area (Å²) in [5, 5.41) is 21.0. The van der Waals surface area contributed by atoms with Crippen LogP contribution in [0.3, 0.4) is 0 Å². The van der Waals surface area contributed by atoms with Gasteiger partial charge in [0.05, 0.1) is 16.8 Å². The maximum Gasteiger partial charge on any atom is 0.337 e. The predicted molar refractivity (Wildman–Crippen MR) is 112 cm³/mol. The summed E-state index contributed by atoms with van der Waals surface area (Å²) in [4.78, 5) is 49.1. The van der Waals surface area contributed by atoms with Gasteiger partial charge in [0.25, 0.3) is 5.91 Å². The van der Waals surface area contributed by atoms with Crippen molar-refractivity contribution in [2.45, 2.75) is 33.1 Å². The van der Waals surface area contributed by atoms with Crippen LogP contribution in [0.15, 0.2) is 42.5 Å². The van der Waals surface area contributed by atoms with Gasteiger partial charge in [-0.1, -0.05) is 20.3 Å². The highest BCUT2D eigenvalue weighted by Gasteiger charge is 2.19. The summed E-state index contributed by atoms with van der Waals surface area (Å²) < 4.78 is 0. The Kier molecular flexibility index (Phi) is 7.69. The molecule has 2 aromatic carbocycles. The van der Waals surface area contributed by atoms with Crippen molar-refractivity contribution in [2.24, 2.45) is 0 Å². The molecule has 0 heterocycles. The number of carboxylic acid groups (broad SMARTS) is 2. The van der Waals surface area contributed by atoms with Gasteiger partial charge >= 0.3 is 11.9 Å². The standard InChI is InChI=1S/C22H24N2O6/c1-3-5-12-24(19(25)4-2)16-10-11-17(22(29)30)18(13-16)23-20(26)14-6-8-15(9-7-14)21(27)28/h6-11,13H,3-5,12H2,1-2H3,(H,23,26)(H,27,28)(H,29,30). The molecule has 2 rings (SSSR count). The molecule has 0 saturated carbocycles. The third-order valence-electron chi connectivity index (χ3n) is 4.53. The molecule has 2 amide bonds. The molecule has 0 aliphatic heterocycles. The van der Waals surface area contributed by atoms with Crippen molar-refractivity contribution in [3.05, 3.63) is 59.2 Å². The first-order chi connectivity index (χ1) is 14.3. The van der Waals surface area contributed by atoms with E-state index in [1.165, 1.54) is 36.4 Å². The maximum atomic E-state index is 12.6. The summed E-state index contributed by atoms with van der Waals surface area (Å²) in [7, 11) is 0. The Morgan fingerprint density at radius 1 is 0.900 bits per heavy atom. The number of hydrogen-bond acceptors (Lipinski definition) is 4. The average molecular weight is 412 g/mol. The van der Waals surface area contributed by atoms with Gasteiger partial charge in [0.15, 0.2) is 0 Å². The molecule has 0 saturated heterocycles. The molecule has 0 aliphatic rings. The van der Waals surface area contributed by atoms with Gasteiger partial charge in [-0.2, -0.15) is 0 Å². The number of amides is 2. The quantitative estimate of drug-likeness (QED) is 0.574. The SMILES string of the molecule is CCCCN(C(=O)CC)c1ccc(C(=O)O)c(NC(=O)c2ccc(C(=O)O)cc2)c1. The van der Waals surface area contributed by atoms with E-state index in [-0.39, 0.29) is 28.3 Å². The van der Waals surface area contributed by atoms with Gasteiger partial charge in [-0.15, -0.1) is 0 Å². The lowest BCUT2D eigenvalue weighted by atomic mass is 10.1. The summed E-state index contributed by atoms with van der Waals surface area (Å²) >= 11 is 0. The number of carbonyl (C=O) groups excluding carboxylic acids is 2. The van der Waals surface area contributed by atoms with E-state index in [9.17, 15) is 24.3 Å². The molecular formula is C22H24N2O6. The van der Waals surface area contributed by atoms with Crippen LogP contribution in [0.5, 0.6) is 0 Å². The van der Waals surface area contributed by atoms with E-state index in [1.807, 2.05) is 6.92 Å². The van der Waals surface area contributed by atoms with Crippen LogP contribution < -0.4 is 10.2 Å². The molecule has 8 nitrogen and oxygen atoms in total. The lowest BCUT2D eigenvalue weighted by molar-refractivity contribution is -0.118. The highest BCUT2D eigenvalue weighted by atomic mass is 16.4. The van der Waals surface area contributed by atoms with Gasteiger partial charge in [0.2, 0.25) is 5.91 Å². The van der Waals surface area contributed by atoms with E-state index in [4.69, 9.17) is 5.11 Å². The second-order valence-electron chi connectivity index (χ2n) is 6.62. The van der Waals surface area contributed by atoms with Crippen LogP contribution in [-0.4, -0.2) is 40.5 Å². The Bertz CT molecular complexity index is 953. The number of carboxylic acids is 2. The van der Waals surface area contributed by atoms with E-state index in [1.54, 1.807) is 17.9 Å². The first-order valence-electron chi connectivity index (χ1n) is 9.60. The van der Waals surface area contributed by atoms with Crippen molar-refractivity contribution in [1.29, 1.82) is 0 Å². The van der Waals surface area contributed by atoms with Crippen LogP contribution in [-0.2, 0) is 4.79 Å². The zero-order valence-corrected chi connectivity index (χ0v) is 16.8. The van der Waals surface area contributed by atoms with E-state index < -0.39 is 17.8 Å². The predicted octanol–water partition coefficient (Wildman–Crippen LogP) is 3.88. The minimum Gasteiger partial charge on any atom is -0.478 e. The largest absolute Gasteiger partial charge is 0.478 e. The van der Waals surface area contributed by atoms with Gasteiger partial charge in [-0.3, -0.25) is 9.59 Å². The lowest BCUT2D eigenvalue weighted by Crippen LogP contribution is -2.31. The molecule has 158 valence electrons. The van der Waals surface area contributed by atoms with E-state index in [0.29, 0.717) is 18.7 Å². The number of carbonyl (C=O) groups is 4. The summed E-state index contributed by atoms with van der Waals surface area (Å²) in [5.41, 5.74) is 0.641. The number of benzene rings is 2. The van der Waals surface area contributed by atoms with Crippen LogP contribution in [0, 0.1) is 0 Å². The third kappa shape index (κ3) is 5.44. The van der Waals surface area contributed by atoms with Crippen molar-refractivity contribution < 1.29 is 29.4 Å². The van der Waals surface area contributed by atoms with Crippen molar-refractivity contribution in [3.63, 3.8) is 0 Å². The van der Waals surface area contributed by atoms with E-state index in [2.05, 4.69) is 5.32 Å². The van der Waals surface area contributed by atoms with Crippen LogP contribution in [0.1, 0.15) is 64.2 Å². The van der Waals surface area contributed by atoms with Gasteiger partial charge in [0, 0.05) is 24.2 Å². The van der Waals surface area contributed by atoms with Crippen molar-refractivity contribution in [2.75, 3.05) is 16.8 Å². The second-order valence-corrected chi connectivity index (χ2v) is 6.62. The molecule has 0 spiro atoms. The van der Waals surface area contributed by atoms with Gasteiger partial charge in [-0.05, 0) is 48.9 Å². The molecule has 0 fully saturated rings. The minimum absolute atomic E-state index is 0.0319. The number of rotatable bonds is 9. The molecule has 0 bridgehead atoms. The molecular weight excluding hydrogens is 388 g/mol. The Balaban J connectivity index is 2.37. The molecule has 0 aliphatic carbocycles. The first-order valence-corrected chi connectivity index (χ1v) is 9.60. The molecule has 8 heteroatoms. The zero-order valence-electron chi connectivity index (χ0n) is 16.8. The Morgan fingerprint density at radius 2 is 1.53 bits per heavy atom. The Hall–Kier alpha value is -3.68. The fourth-order valence-corrected chi connectivity index (χ4v) is 2.85. The van der Waals surface area contributed by atoms with E-state index in [0.717, 1.165) is 12.8 Å². The van der Waals surface area contributed by atoms with E-state index >= 15 is 0 Å². The molecule has 3 N–H and O–H groups in total. The fraction of sp³-hybridized carbons (Fsp3) is 0.273. The van der Waals surface area contributed by atoms with Crippen molar-refractivity contribution in [3.8, 4) is 0 Å². The topological polar surface area (TPSA) is 124 Å². The number of anilines is 2. The first kappa shape index (κ1) is 22.6. The number of aromatic carboxylic acids is 2. The van der Waals surface area contributed by atoms with Crippen LogP contribution in [0.4, 0.5) is 11.4 Å². The highest BCUT2D eigenvalue weighted by Crippen LogP contribution is 2.26. The monoisotopic (exact) mass is 412 g/mol. The minimum atomic E-state index is -1.22. The van der Waals surface area contributed by atoms with Crippen molar-refractivity contribution in [1.82, 2.24) is 0 Å². The molecule has 0 aromatic heterocycles. The van der Waals surface area contributed by atoms with Crippen LogP contribution >= 0.6 is 0 Å². The summed E-state index contributed by atoms with van der Waals surface area (Å²) in [6, 6.07) is 9.63. The number of unbranched alkanes of at least 4 members (excludes halogenated alkanes) is 1. The lowest BCUT2D eigenvalue weighted by Gasteiger charge is -2.23. The number of nitrogens with one attached hydrogen (secondary N) is 1. The normalized spacial score (nSPS) is 10.3. The molecule has 0 radical (unpaired) electrons. The summed E-state index contributed by atoms with van der Waals surface area (Å²) in [5.74, 6) is -3.03. The summed E-state index contributed by atoms with van der Waals surface area (Å²) in [6.07, 6.45) is 1.96. The molecule has 0 atom stereocenters. The second kappa shape index (κ2) is 10.2. The van der Waals surface area contributed by atoms with Crippen molar-refractivity contribution >= 4 is 35.1 Å². The highest BCUT2D eigenvalue weighted by molar-refractivity contribution is 6.09. The molecule has 30 heavy (non-hydrogen) atoms. The molecule has 0 unspecified atom stereocenters. The summed E-state index contributed by atoms with van der Waals surface area (Å²) in [6.45, 7) is 4.24. The number of hydrogen-bond donors (Lipinski definition) is 3. The average Bonchev–Trinajstić information content (AvgIpc) is 2.73. The van der Waals surface area contributed by atoms with Crippen LogP contribution in [0.25, 0.3) is 0 Å². The van der Waals surface area contributed by atoms with Gasteiger partial charge in [0.1, 0.15) is 0 Å². The molecule has 2 aromatic rings. The Morgan fingerprint density at radius 3 is 2.07 bits per heavy atom. The maximum absolute atomic E-state index is 12.6. The smallest absolute Gasteiger partial charge is 0.337 e. The fourth-order valence-electron chi connectivity index (χ4n) is 2.85. The third-order valence-corrected chi connectivity index (χ3v) is 4.53. The zero-order chi connectivity index (χ0) is 22.3. The van der Waals surface area contributed by atoms with Crippen LogP contribution in [0.2, 0.25) is 0 Å². The van der Waals surface area contributed by atoms with Gasteiger partial charge < -0.3 is 20.4 Å².